The van der Waals surface area contributed by atoms with Crippen LogP contribution in [-0.4, -0.2) is 18.1 Å². The van der Waals surface area contributed by atoms with Crippen molar-refractivity contribution in [3.8, 4) is 0 Å². The van der Waals surface area contributed by atoms with Crippen molar-refractivity contribution in [3.05, 3.63) is 21.8 Å². The second-order valence-electron chi connectivity index (χ2n) is 2.95. The van der Waals surface area contributed by atoms with Crippen LogP contribution in [0.2, 0.25) is 0 Å². The number of alkyl halides is 2. The number of carbonyl (C=O) groups is 1. The highest BCUT2D eigenvalue weighted by molar-refractivity contribution is 9.10. The molecule has 7 heteroatoms. The molecule has 0 saturated carbocycles. The topological polar surface area (TPSA) is 65.2 Å². The molecule has 16 heavy (non-hydrogen) atoms. The fourth-order valence-corrected chi connectivity index (χ4v) is 1.48. The highest BCUT2D eigenvalue weighted by Crippen LogP contribution is 2.27. The molecule has 0 amide bonds. The van der Waals surface area contributed by atoms with Gasteiger partial charge in [0.2, 0.25) is 0 Å². The fraction of sp³-hybridized carbons (Fsp3) is 0.333. The number of nitrogen functional groups attached to an aromatic ring is 1. The lowest BCUT2D eigenvalue weighted by molar-refractivity contribution is -0.139. The molecular formula is C9H9BrF2N2O2. The molecule has 0 radical (unpaired) electrons. The van der Waals surface area contributed by atoms with Crippen LogP contribution in [0.15, 0.2) is 10.5 Å². The first-order valence-corrected chi connectivity index (χ1v) is 5.04. The molecule has 4 nitrogen and oxygen atoms in total. The van der Waals surface area contributed by atoms with Crippen LogP contribution >= 0.6 is 15.9 Å². The highest BCUT2D eigenvalue weighted by Gasteiger charge is 2.19. The van der Waals surface area contributed by atoms with Gasteiger partial charge in [-0.3, -0.25) is 4.79 Å². The lowest BCUT2D eigenvalue weighted by Gasteiger charge is -2.09. The molecule has 1 aromatic heterocycles. The van der Waals surface area contributed by atoms with E-state index < -0.39 is 18.1 Å². The number of methoxy groups -OCH3 is 1. The number of anilines is 1. The summed E-state index contributed by atoms with van der Waals surface area (Å²) in [4.78, 5) is 14.5. The zero-order valence-electron chi connectivity index (χ0n) is 8.34. The maximum atomic E-state index is 12.6. The second-order valence-corrected chi connectivity index (χ2v) is 3.81. The molecule has 88 valence electrons. The molecule has 0 fully saturated rings. The normalized spacial score (nSPS) is 10.6. The SMILES string of the molecule is COC(=O)Cc1cc(Br)c(N)nc1C(F)F. The molecule has 2 N–H and O–H groups in total. The van der Waals surface area contributed by atoms with E-state index in [0.29, 0.717) is 4.47 Å². The highest BCUT2D eigenvalue weighted by atomic mass is 79.9. The summed E-state index contributed by atoms with van der Waals surface area (Å²) in [5, 5.41) is 0. The Labute approximate surface area is 98.9 Å². The van der Waals surface area contributed by atoms with E-state index >= 15 is 0 Å². The molecule has 0 aliphatic rings. The average molecular weight is 295 g/mol. The van der Waals surface area contributed by atoms with E-state index in [-0.39, 0.29) is 17.8 Å². The Hall–Kier alpha value is -1.24. The molecule has 0 aromatic carbocycles. The minimum Gasteiger partial charge on any atom is -0.469 e. The van der Waals surface area contributed by atoms with Crippen molar-refractivity contribution in [3.63, 3.8) is 0 Å². The van der Waals surface area contributed by atoms with Gasteiger partial charge in [-0.1, -0.05) is 0 Å². The van der Waals surface area contributed by atoms with Crippen LogP contribution < -0.4 is 5.73 Å². The first-order valence-electron chi connectivity index (χ1n) is 4.25. The average Bonchev–Trinajstić information content (AvgIpc) is 2.22. The number of rotatable bonds is 3. The number of halogens is 3. The predicted octanol–water partition coefficient (Wildman–Crippen LogP) is 2.08. The summed E-state index contributed by atoms with van der Waals surface area (Å²) in [6.07, 6.45) is -3.04. The molecule has 1 heterocycles. The summed E-state index contributed by atoms with van der Waals surface area (Å²) in [5.74, 6) is -0.649. The van der Waals surface area contributed by atoms with Crippen molar-refractivity contribution in [2.45, 2.75) is 12.8 Å². The van der Waals surface area contributed by atoms with E-state index in [1.54, 1.807) is 0 Å². The number of hydrogen-bond donors (Lipinski definition) is 1. The molecule has 0 atom stereocenters. The number of esters is 1. The Bertz CT molecular complexity index is 413. The van der Waals surface area contributed by atoms with Crippen LogP contribution in [-0.2, 0) is 16.0 Å². The Morgan fingerprint density at radius 3 is 2.81 bits per heavy atom. The Morgan fingerprint density at radius 1 is 1.69 bits per heavy atom. The molecule has 0 bridgehead atoms. The minimum absolute atomic E-state index is 0.0380. The van der Waals surface area contributed by atoms with Gasteiger partial charge in [0.05, 0.1) is 18.0 Å². The standard InChI is InChI=1S/C9H9BrF2N2O2/c1-16-6(15)3-4-2-5(10)9(13)14-7(4)8(11)12/h2,8H,3H2,1H3,(H2,13,14). The van der Waals surface area contributed by atoms with Crippen molar-refractivity contribution in [2.75, 3.05) is 12.8 Å². The minimum atomic E-state index is -2.78. The quantitative estimate of drug-likeness (QED) is 0.867. The first-order chi connectivity index (χ1) is 7.45. The van der Waals surface area contributed by atoms with Crippen LogP contribution in [0.3, 0.4) is 0 Å². The van der Waals surface area contributed by atoms with Gasteiger partial charge in [-0.25, -0.2) is 13.8 Å². The van der Waals surface area contributed by atoms with Crippen LogP contribution in [0, 0.1) is 0 Å². The van der Waals surface area contributed by atoms with E-state index in [1.807, 2.05) is 0 Å². The smallest absolute Gasteiger partial charge is 0.310 e. The molecule has 0 aliphatic carbocycles. The molecule has 1 aromatic rings. The summed E-state index contributed by atoms with van der Waals surface area (Å²) in [6, 6.07) is 1.35. The largest absolute Gasteiger partial charge is 0.469 e. The van der Waals surface area contributed by atoms with Crippen LogP contribution in [0.1, 0.15) is 17.7 Å². The van der Waals surface area contributed by atoms with Gasteiger partial charge in [-0.05, 0) is 27.6 Å². The number of aromatic nitrogens is 1. The Morgan fingerprint density at radius 2 is 2.31 bits per heavy atom. The van der Waals surface area contributed by atoms with Crippen LogP contribution in [0.4, 0.5) is 14.6 Å². The van der Waals surface area contributed by atoms with Crippen LogP contribution in [0.25, 0.3) is 0 Å². The van der Waals surface area contributed by atoms with Gasteiger partial charge in [0, 0.05) is 0 Å². The van der Waals surface area contributed by atoms with Gasteiger partial charge in [-0.2, -0.15) is 0 Å². The molecule has 0 aliphatic heterocycles. The van der Waals surface area contributed by atoms with Gasteiger partial charge in [-0.15, -0.1) is 0 Å². The molecule has 0 unspecified atom stereocenters. The summed E-state index contributed by atoms with van der Waals surface area (Å²) in [6.45, 7) is 0. The van der Waals surface area contributed by atoms with Crippen LogP contribution in [0.5, 0.6) is 0 Å². The molecule has 0 saturated heterocycles. The van der Waals surface area contributed by atoms with Crippen molar-refractivity contribution < 1.29 is 18.3 Å². The Balaban J connectivity index is 3.14. The fourth-order valence-electron chi connectivity index (χ4n) is 1.11. The van der Waals surface area contributed by atoms with Gasteiger partial charge in [0.1, 0.15) is 11.5 Å². The third-order valence-electron chi connectivity index (χ3n) is 1.88. The van der Waals surface area contributed by atoms with E-state index in [9.17, 15) is 13.6 Å². The Kier molecular flexibility index (Phi) is 4.17. The zero-order chi connectivity index (χ0) is 12.3. The summed E-state index contributed by atoms with van der Waals surface area (Å²) in [5.41, 5.74) is 4.99. The third kappa shape index (κ3) is 2.88. The van der Waals surface area contributed by atoms with E-state index in [1.165, 1.54) is 13.2 Å². The number of ether oxygens (including phenoxy) is 1. The summed E-state index contributed by atoms with van der Waals surface area (Å²) < 4.78 is 30.0. The van der Waals surface area contributed by atoms with E-state index in [2.05, 4.69) is 25.7 Å². The molecule has 1 rings (SSSR count). The maximum Gasteiger partial charge on any atom is 0.310 e. The van der Waals surface area contributed by atoms with Crippen molar-refractivity contribution in [1.29, 1.82) is 0 Å². The first kappa shape index (κ1) is 12.8. The lowest BCUT2D eigenvalue weighted by Crippen LogP contribution is -2.10. The number of hydrogen-bond acceptors (Lipinski definition) is 4. The number of carbonyl (C=O) groups excluding carboxylic acids is 1. The number of nitrogens with two attached hydrogens (primary N) is 1. The van der Waals surface area contributed by atoms with Gasteiger partial charge in [0.25, 0.3) is 6.43 Å². The summed E-state index contributed by atoms with van der Waals surface area (Å²) in [7, 11) is 1.18. The zero-order valence-corrected chi connectivity index (χ0v) is 9.92. The van der Waals surface area contributed by atoms with Gasteiger partial charge >= 0.3 is 5.97 Å². The van der Waals surface area contributed by atoms with E-state index in [4.69, 9.17) is 5.73 Å². The van der Waals surface area contributed by atoms with Gasteiger partial charge < -0.3 is 10.5 Å². The van der Waals surface area contributed by atoms with Gasteiger partial charge in [0.15, 0.2) is 0 Å². The second kappa shape index (κ2) is 5.20. The van der Waals surface area contributed by atoms with Crippen molar-refractivity contribution in [1.82, 2.24) is 4.98 Å². The summed E-state index contributed by atoms with van der Waals surface area (Å²) >= 11 is 3.06. The molecule has 0 spiro atoms. The third-order valence-corrected chi connectivity index (χ3v) is 2.52. The van der Waals surface area contributed by atoms with Crippen molar-refractivity contribution >= 4 is 27.7 Å². The predicted molar refractivity (Wildman–Crippen MR) is 57.0 cm³/mol. The number of nitrogens with zero attached hydrogens (tertiary/aromatic N) is 1. The number of pyridine rings is 1. The maximum absolute atomic E-state index is 12.6. The van der Waals surface area contributed by atoms with E-state index in [0.717, 1.165) is 0 Å². The lowest BCUT2D eigenvalue weighted by atomic mass is 10.1. The van der Waals surface area contributed by atoms with Crippen molar-refractivity contribution in [2.24, 2.45) is 0 Å². The molecular weight excluding hydrogens is 286 g/mol. The monoisotopic (exact) mass is 294 g/mol.